The van der Waals surface area contributed by atoms with E-state index in [9.17, 15) is 22.8 Å². The van der Waals surface area contributed by atoms with Crippen molar-refractivity contribution in [2.45, 2.75) is 44.2 Å². The minimum absolute atomic E-state index is 0.0180. The van der Waals surface area contributed by atoms with Gasteiger partial charge < -0.3 is 10.2 Å². The van der Waals surface area contributed by atoms with Gasteiger partial charge in [-0.25, -0.2) is 9.07 Å². The number of carbonyl (C=O) groups excluding carboxylic acids is 2. The molecule has 2 amide bonds. The summed E-state index contributed by atoms with van der Waals surface area (Å²) in [7, 11) is 0. The van der Waals surface area contributed by atoms with Crippen LogP contribution in [-0.4, -0.2) is 39.6 Å². The molecule has 2 atom stereocenters. The van der Waals surface area contributed by atoms with Crippen molar-refractivity contribution >= 4 is 28.4 Å². The maximum atomic E-state index is 13.4. The second kappa shape index (κ2) is 7.36. The second-order valence-corrected chi connectivity index (χ2v) is 8.54. The van der Waals surface area contributed by atoms with Crippen LogP contribution >= 0.6 is 0 Å². The van der Waals surface area contributed by atoms with Crippen LogP contribution in [0.3, 0.4) is 0 Å². The van der Waals surface area contributed by atoms with Gasteiger partial charge in [0.1, 0.15) is 5.82 Å². The number of hydrogen-bond donors (Lipinski definition) is 1. The molecule has 1 aliphatic heterocycles. The predicted octanol–water partition coefficient (Wildman–Crippen LogP) is 3.82. The van der Waals surface area contributed by atoms with Crippen molar-refractivity contribution in [2.24, 2.45) is 5.92 Å². The zero-order valence-electron chi connectivity index (χ0n) is 17.3. The van der Waals surface area contributed by atoms with Gasteiger partial charge in [-0.2, -0.15) is 13.9 Å². The average Bonchev–Trinajstić information content (AvgIpc) is 3.41. The van der Waals surface area contributed by atoms with Crippen molar-refractivity contribution in [1.82, 2.24) is 15.1 Å². The van der Waals surface area contributed by atoms with Crippen molar-refractivity contribution in [3.8, 4) is 5.69 Å². The number of anilines is 1. The minimum Gasteiger partial charge on any atom is -0.346 e. The fraction of sp³-hybridized carbons (Fsp3) is 0.348. The van der Waals surface area contributed by atoms with Crippen LogP contribution in [0.15, 0.2) is 48.7 Å². The molecule has 2 aliphatic rings. The minimum atomic E-state index is -3.50. The molecule has 2 fully saturated rings. The summed E-state index contributed by atoms with van der Waals surface area (Å²) in [6.45, 7) is 0.551. The molecule has 1 saturated heterocycles. The highest BCUT2D eigenvalue weighted by Crippen LogP contribution is 2.43. The Hall–Kier alpha value is -3.36. The van der Waals surface area contributed by atoms with Crippen LogP contribution in [0.4, 0.5) is 18.9 Å². The Morgan fingerprint density at radius 1 is 1.12 bits per heavy atom. The summed E-state index contributed by atoms with van der Waals surface area (Å²) in [5.41, 5.74) is 2.12. The van der Waals surface area contributed by atoms with E-state index in [1.807, 2.05) is 12.1 Å². The number of aromatic nitrogens is 2. The number of halogens is 3. The van der Waals surface area contributed by atoms with Crippen LogP contribution in [-0.2, 0) is 9.59 Å². The normalized spacial score (nSPS) is 21.4. The number of amides is 2. The molecule has 1 N–H and O–H groups in total. The molecule has 2 aromatic carbocycles. The molecule has 0 bridgehead atoms. The first-order valence-electron chi connectivity index (χ1n) is 10.5. The quantitative estimate of drug-likeness (QED) is 0.653. The molecular formula is C23H21F3N4O2. The molecule has 3 aromatic rings. The first kappa shape index (κ1) is 20.5. The first-order chi connectivity index (χ1) is 15.2. The number of benzene rings is 2. The summed E-state index contributed by atoms with van der Waals surface area (Å²) < 4.78 is 41.8. The van der Waals surface area contributed by atoms with Crippen molar-refractivity contribution in [1.29, 1.82) is 0 Å². The highest BCUT2D eigenvalue weighted by Gasteiger charge is 2.50. The third kappa shape index (κ3) is 3.61. The third-order valence-electron chi connectivity index (χ3n) is 6.09. The van der Waals surface area contributed by atoms with E-state index in [1.165, 1.54) is 12.1 Å². The van der Waals surface area contributed by atoms with Crippen molar-refractivity contribution < 1.29 is 22.8 Å². The molecule has 1 aliphatic carbocycles. The second-order valence-electron chi connectivity index (χ2n) is 8.54. The molecule has 9 heteroatoms. The number of alkyl halides is 2. The lowest BCUT2D eigenvalue weighted by molar-refractivity contribution is -0.143. The molecule has 1 saturated carbocycles. The van der Waals surface area contributed by atoms with E-state index in [1.54, 1.807) is 34.0 Å². The van der Waals surface area contributed by atoms with Crippen molar-refractivity contribution in [3.63, 3.8) is 0 Å². The number of nitrogens with zero attached hydrogens (tertiary/aromatic N) is 3. The number of carbonyl (C=O) groups is 2. The third-order valence-corrected chi connectivity index (χ3v) is 6.09. The van der Waals surface area contributed by atoms with E-state index < -0.39 is 17.9 Å². The maximum absolute atomic E-state index is 13.4. The number of hydrogen-bond acceptors (Lipinski definition) is 3. The highest BCUT2D eigenvalue weighted by atomic mass is 19.3. The Balaban J connectivity index is 1.46. The van der Waals surface area contributed by atoms with E-state index >= 15 is 0 Å². The van der Waals surface area contributed by atoms with Gasteiger partial charge in [0.05, 0.1) is 29.5 Å². The zero-order chi connectivity index (χ0) is 22.6. The summed E-state index contributed by atoms with van der Waals surface area (Å²) in [6, 6.07) is 10.4. The molecule has 2 heterocycles. The van der Waals surface area contributed by atoms with E-state index in [-0.39, 0.29) is 30.1 Å². The fourth-order valence-corrected chi connectivity index (χ4v) is 4.44. The topological polar surface area (TPSA) is 67.2 Å². The largest absolute Gasteiger partial charge is 0.346 e. The lowest BCUT2D eigenvalue weighted by Crippen LogP contribution is -2.50. The molecule has 1 aromatic heterocycles. The van der Waals surface area contributed by atoms with Gasteiger partial charge in [-0.15, -0.1) is 0 Å². The highest BCUT2D eigenvalue weighted by molar-refractivity contribution is 6.00. The lowest BCUT2D eigenvalue weighted by atomic mass is 10.0. The molecule has 0 radical (unpaired) electrons. The number of fused-ring (bicyclic) bond motifs is 1. The van der Waals surface area contributed by atoms with Crippen LogP contribution in [0, 0.1) is 11.7 Å². The Bertz CT molecular complexity index is 1200. The van der Waals surface area contributed by atoms with Gasteiger partial charge in [-0.3, -0.25) is 9.59 Å². The summed E-state index contributed by atoms with van der Waals surface area (Å²) in [6.07, 6.45) is 3.41. The first-order valence-corrected chi connectivity index (χ1v) is 10.5. The Morgan fingerprint density at radius 2 is 1.81 bits per heavy atom. The van der Waals surface area contributed by atoms with Gasteiger partial charge in [0, 0.05) is 24.4 Å². The van der Waals surface area contributed by atoms with Crippen LogP contribution in [0.5, 0.6) is 0 Å². The standard InChI is InChI=1S/C23H21F3N4O2/c1-23(25,26)22(32)28-18-11-20(31)29(21(18)13-2-3-13)17-8-9-19-14(10-17)12-27-30(19)16-6-4-15(24)5-7-16/h4-10,12-13,18,21H,2-3,11H2,1H3,(H,28,32). The van der Waals surface area contributed by atoms with Crippen molar-refractivity contribution in [2.75, 3.05) is 4.90 Å². The molecular weight excluding hydrogens is 421 g/mol. The van der Waals surface area contributed by atoms with E-state index in [0.717, 1.165) is 23.7 Å². The average molecular weight is 442 g/mol. The van der Waals surface area contributed by atoms with Crippen LogP contribution in [0.25, 0.3) is 16.6 Å². The Labute approximate surface area is 182 Å². The van der Waals surface area contributed by atoms with Gasteiger partial charge in [0.2, 0.25) is 5.91 Å². The van der Waals surface area contributed by atoms with Gasteiger partial charge in [0.15, 0.2) is 0 Å². The Morgan fingerprint density at radius 3 is 2.47 bits per heavy atom. The lowest BCUT2D eigenvalue weighted by Gasteiger charge is -2.29. The summed E-state index contributed by atoms with van der Waals surface area (Å²) in [5, 5.41) is 7.55. The number of rotatable bonds is 5. The van der Waals surface area contributed by atoms with E-state index in [2.05, 4.69) is 10.4 Å². The summed E-state index contributed by atoms with van der Waals surface area (Å²) >= 11 is 0. The van der Waals surface area contributed by atoms with Crippen molar-refractivity contribution in [3.05, 3.63) is 54.5 Å². The molecule has 0 spiro atoms. The number of nitrogens with one attached hydrogen (secondary N) is 1. The summed E-state index contributed by atoms with van der Waals surface area (Å²) in [5.74, 6) is -5.25. The van der Waals surface area contributed by atoms with Gasteiger partial charge in [0.25, 0.3) is 5.91 Å². The molecule has 6 nitrogen and oxygen atoms in total. The maximum Gasteiger partial charge on any atom is 0.321 e. The van der Waals surface area contributed by atoms with Gasteiger partial charge in [-0.05, 0) is 61.2 Å². The predicted molar refractivity (Wildman–Crippen MR) is 112 cm³/mol. The van der Waals surface area contributed by atoms with E-state index in [4.69, 9.17) is 0 Å². The monoisotopic (exact) mass is 442 g/mol. The Kier molecular flexibility index (Phi) is 4.72. The zero-order valence-corrected chi connectivity index (χ0v) is 17.3. The molecule has 5 rings (SSSR count). The van der Waals surface area contributed by atoms with Gasteiger partial charge in [-0.1, -0.05) is 0 Å². The molecule has 166 valence electrons. The van der Waals surface area contributed by atoms with Crippen LogP contribution in [0.2, 0.25) is 0 Å². The van der Waals surface area contributed by atoms with Crippen LogP contribution in [0.1, 0.15) is 26.2 Å². The van der Waals surface area contributed by atoms with Gasteiger partial charge >= 0.3 is 5.92 Å². The smallest absolute Gasteiger partial charge is 0.321 e. The molecule has 32 heavy (non-hydrogen) atoms. The summed E-state index contributed by atoms with van der Waals surface area (Å²) in [4.78, 5) is 26.4. The van der Waals surface area contributed by atoms with Crippen LogP contribution < -0.4 is 10.2 Å². The SMILES string of the molecule is CC(F)(F)C(=O)NC1CC(=O)N(c2ccc3c(cnn3-c3ccc(F)cc3)c2)C1C1CC1. The fourth-order valence-electron chi connectivity index (χ4n) is 4.44. The molecule has 2 unspecified atom stereocenters. The van der Waals surface area contributed by atoms with E-state index in [0.29, 0.717) is 18.3 Å².